The van der Waals surface area contributed by atoms with Crippen LogP contribution in [-0.4, -0.2) is 56.1 Å². The molecule has 1 aliphatic heterocycles. The smallest absolute Gasteiger partial charge is 0.211 e. The zero-order chi connectivity index (χ0) is 19.4. The number of rotatable bonds is 8. The quantitative estimate of drug-likeness (QED) is 0.680. The van der Waals surface area contributed by atoms with Crippen molar-refractivity contribution < 1.29 is 8.42 Å². The number of benzene rings is 1. The molecule has 1 unspecified atom stereocenters. The largest absolute Gasteiger partial charge is 0.300 e. The Hall–Kier alpha value is -0.910. The van der Waals surface area contributed by atoms with E-state index in [9.17, 15) is 8.42 Å². The second-order valence-electron chi connectivity index (χ2n) is 8.61. The van der Waals surface area contributed by atoms with Gasteiger partial charge in [0.1, 0.15) is 0 Å². The summed E-state index contributed by atoms with van der Waals surface area (Å²) >= 11 is 0. The number of sulfonamides is 1. The lowest BCUT2D eigenvalue weighted by Crippen LogP contribution is -2.44. The van der Waals surface area contributed by atoms with E-state index < -0.39 is 10.0 Å². The molecule has 0 N–H and O–H groups in total. The Labute approximate surface area is 166 Å². The minimum absolute atomic E-state index is 0.525. The maximum absolute atomic E-state index is 11.7. The standard InChI is InChI=1S/C22H36N2O2S/c1-4-12-23(17-19-10-13-24(14-11-19)27(3,25)26)18(2)15-20-8-9-21-6-5-7-22(21)16-20/h8-9,16,18-19H,4-7,10-15,17H2,1-3H3. The second-order valence-corrected chi connectivity index (χ2v) is 10.6. The Morgan fingerprint density at radius 2 is 1.89 bits per heavy atom. The molecular weight excluding hydrogens is 356 g/mol. The van der Waals surface area contributed by atoms with E-state index in [2.05, 4.69) is 36.9 Å². The SMILES string of the molecule is CCCN(CC1CCN(S(C)(=O)=O)CC1)C(C)Cc1ccc2c(c1)CCC2. The molecule has 1 aliphatic carbocycles. The van der Waals surface area contributed by atoms with E-state index in [4.69, 9.17) is 0 Å². The first-order chi connectivity index (χ1) is 12.9. The fourth-order valence-electron chi connectivity index (χ4n) is 4.76. The predicted molar refractivity (Wildman–Crippen MR) is 113 cm³/mol. The van der Waals surface area contributed by atoms with Gasteiger partial charge in [-0.05, 0) is 81.0 Å². The van der Waals surface area contributed by atoms with Crippen LogP contribution in [0.5, 0.6) is 0 Å². The second kappa shape index (κ2) is 9.06. The van der Waals surface area contributed by atoms with Gasteiger partial charge in [-0.3, -0.25) is 0 Å². The molecule has 4 nitrogen and oxygen atoms in total. The van der Waals surface area contributed by atoms with Gasteiger partial charge in [0.15, 0.2) is 0 Å². The fourth-order valence-corrected chi connectivity index (χ4v) is 5.63. The Balaban J connectivity index is 1.56. The summed E-state index contributed by atoms with van der Waals surface area (Å²) in [5.41, 5.74) is 4.58. The summed E-state index contributed by atoms with van der Waals surface area (Å²) in [6.45, 7) is 8.19. The van der Waals surface area contributed by atoms with Gasteiger partial charge in [0, 0.05) is 25.7 Å². The highest BCUT2D eigenvalue weighted by molar-refractivity contribution is 7.88. The summed E-state index contributed by atoms with van der Waals surface area (Å²) in [6, 6.07) is 7.63. The first kappa shape index (κ1) is 20.8. The Morgan fingerprint density at radius 1 is 1.19 bits per heavy atom. The van der Waals surface area contributed by atoms with Gasteiger partial charge in [-0.15, -0.1) is 0 Å². The average Bonchev–Trinajstić information content (AvgIpc) is 3.09. The molecule has 0 spiro atoms. The maximum atomic E-state index is 11.7. The molecule has 1 fully saturated rings. The van der Waals surface area contributed by atoms with E-state index >= 15 is 0 Å². The van der Waals surface area contributed by atoms with Gasteiger partial charge in [-0.25, -0.2) is 12.7 Å². The van der Waals surface area contributed by atoms with Crippen molar-refractivity contribution in [3.63, 3.8) is 0 Å². The van der Waals surface area contributed by atoms with E-state index in [1.807, 2.05) is 0 Å². The number of piperidine rings is 1. The normalized spacial score (nSPS) is 20.1. The van der Waals surface area contributed by atoms with Crippen LogP contribution in [-0.2, 0) is 29.3 Å². The Morgan fingerprint density at radius 3 is 2.56 bits per heavy atom. The van der Waals surface area contributed by atoms with Crippen molar-refractivity contribution in [2.75, 3.05) is 32.4 Å². The predicted octanol–water partition coefficient (Wildman–Crippen LogP) is 3.49. The van der Waals surface area contributed by atoms with Gasteiger partial charge in [0.2, 0.25) is 10.0 Å². The van der Waals surface area contributed by atoms with Gasteiger partial charge < -0.3 is 4.90 Å². The van der Waals surface area contributed by atoms with Crippen LogP contribution in [0.4, 0.5) is 0 Å². The highest BCUT2D eigenvalue weighted by atomic mass is 32.2. The van der Waals surface area contributed by atoms with Crippen LogP contribution in [0.15, 0.2) is 18.2 Å². The summed E-state index contributed by atoms with van der Waals surface area (Å²) in [4.78, 5) is 2.63. The summed E-state index contributed by atoms with van der Waals surface area (Å²) in [5, 5.41) is 0. The van der Waals surface area contributed by atoms with Crippen LogP contribution in [0.25, 0.3) is 0 Å². The molecule has 5 heteroatoms. The maximum Gasteiger partial charge on any atom is 0.211 e. The van der Waals surface area contributed by atoms with Crippen molar-refractivity contribution in [3.8, 4) is 0 Å². The van der Waals surface area contributed by atoms with Crippen LogP contribution in [0.1, 0.15) is 56.2 Å². The molecular formula is C22H36N2O2S. The van der Waals surface area contributed by atoms with Crippen molar-refractivity contribution in [1.82, 2.24) is 9.21 Å². The molecule has 3 rings (SSSR count). The third-order valence-corrected chi connectivity index (χ3v) is 7.67. The van der Waals surface area contributed by atoms with E-state index in [1.165, 1.54) is 31.1 Å². The summed E-state index contributed by atoms with van der Waals surface area (Å²) < 4.78 is 25.1. The van der Waals surface area contributed by atoms with Crippen molar-refractivity contribution in [3.05, 3.63) is 34.9 Å². The molecule has 0 radical (unpaired) electrons. The minimum atomic E-state index is -3.03. The molecule has 0 amide bonds. The molecule has 0 aromatic heterocycles. The number of nitrogens with zero attached hydrogens (tertiary/aromatic N) is 2. The van der Waals surface area contributed by atoms with E-state index in [1.54, 1.807) is 15.4 Å². The van der Waals surface area contributed by atoms with Crippen molar-refractivity contribution in [2.24, 2.45) is 5.92 Å². The molecule has 1 aromatic carbocycles. The van der Waals surface area contributed by atoms with Gasteiger partial charge in [0.05, 0.1) is 6.26 Å². The highest BCUT2D eigenvalue weighted by Gasteiger charge is 2.27. The Bertz CT molecular complexity index is 724. The van der Waals surface area contributed by atoms with E-state index in [0.717, 1.165) is 38.8 Å². The fraction of sp³-hybridized carbons (Fsp3) is 0.727. The molecule has 1 heterocycles. The number of hydrogen-bond donors (Lipinski definition) is 0. The number of fused-ring (bicyclic) bond motifs is 1. The number of aryl methyl sites for hydroxylation is 2. The lowest BCUT2D eigenvalue weighted by atomic mass is 9.95. The van der Waals surface area contributed by atoms with Crippen LogP contribution < -0.4 is 0 Å². The summed E-state index contributed by atoms with van der Waals surface area (Å²) in [5.74, 6) is 0.608. The first-order valence-corrected chi connectivity index (χ1v) is 12.5. The van der Waals surface area contributed by atoms with Gasteiger partial charge in [-0.1, -0.05) is 25.1 Å². The van der Waals surface area contributed by atoms with E-state index in [0.29, 0.717) is 25.0 Å². The zero-order valence-corrected chi connectivity index (χ0v) is 18.1. The van der Waals surface area contributed by atoms with Crippen molar-refractivity contribution >= 4 is 10.0 Å². The van der Waals surface area contributed by atoms with Crippen molar-refractivity contribution in [1.29, 1.82) is 0 Å². The van der Waals surface area contributed by atoms with Gasteiger partial charge in [-0.2, -0.15) is 0 Å². The zero-order valence-electron chi connectivity index (χ0n) is 17.3. The molecule has 1 atom stereocenters. The van der Waals surface area contributed by atoms with Crippen LogP contribution >= 0.6 is 0 Å². The van der Waals surface area contributed by atoms with Crippen LogP contribution in [0, 0.1) is 5.92 Å². The molecule has 152 valence electrons. The van der Waals surface area contributed by atoms with Gasteiger partial charge >= 0.3 is 0 Å². The summed E-state index contributed by atoms with van der Waals surface area (Å²) in [7, 11) is -3.03. The molecule has 2 aliphatic rings. The third kappa shape index (κ3) is 5.55. The minimum Gasteiger partial charge on any atom is -0.300 e. The average molecular weight is 393 g/mol. The van der Waals surface area contributed by atoms with E-state index in [-0.39, 0.29) is 0 Å². The number of hydrogen-bond acceptors (Lipinski definition) is 3. The van der Waals surface area contributed by atoms with Crippen molar-refractivity contribution in [2.45, 2.75) is 64.8 Å². The first-order valence-electron chi connectivity index (χ1n) is 10.7. The highest BCUT2D eigenvalue weighted by Crippen LogP contribution is 2.25. The molecule has 1 aromatic rings. The molecule has 0 bridgehead atoms. The third-order valence-electron chi connectivity index (χ3n) is 6.36. The summed E-state index contributed by atoms with van der Waals surface area (Å²) in [6.07, 6.45) is 9.37. The van der Waals surface area contributed by atoms with Crippen LogP contribution in [0.2, 0.25) is 0 Å². The van der Waals surface area contributed by atoms with Crippen LogP contribution in [0.3, 0.4) is 0 Å². The topological polar surface area (TPSA) is 40.6 Å². The monoisotopic (exact) mass is 392 g/mol. The lowest BCUT2D eigenvalue weighted by molar-refractivity contribution is 0.146. The lowest BCUT2D eigenvalue weighted by Gasteiger charge is -2.36. The molecule has 1 saturated heterocycles. The molecule has 27 heavy (non-hydrogen) atoms. The van der Waals surface area contributed by atoms with Gasteiger partial charge in [0.25, 0.3) is 0 Å². The molecule has 0 saturated carbocycles. The Kier molecular flexibility index (Phi) is 6.98.